The molecule has 0 aliphatic rings. The summed E-state index contributed by atoms with van der Waals surface area (Å²) >= 11 is 1.40. The second kappa shape index (κ2) is 6.58. The number of rotatable bonds is 4. The molecule has 0 aliphatic carbocycles. The lowest BCUT2D eigenvalue weighted by atomic mass is 10.1. The number of nitrogens with zero attached hydrogens (tertiary/aromatic N) is 1. The minimum absolute atomic E-state index is 0.0914. The number of ether oxygens (including phenoxy) is 1. The Labute approximate surface area is 128 Å². The first-order chi connectivity index (χ1) is 9.99. The highest BCUT2D eigenvalue weighted by molar-refractivity contribution is 7.14. The maximum atomic E-state index is 11.6. The average molecular weight is 305 g/mol. The van der Waals surface area contributed by atoms with Crippen molar-refractivity contribution in [3.63, 3.8) is 0 Å². The van der Waals surface area contributed by atoms with Gasteiger partial charge in [0.25, 0.3) is 0 Å². The Balaban J connectivity index is 2.12. The topological polar surface area (TPSA) is 63.2 Å². The number of aryl methyl sites for hydroxylation is 1. The van der Waals surface area contributed by atoms with Gasteiger partial charge < -0.3 is 10.1 Å². The molecule has 0 aliphatic heterocycles. The molecule has 2 N–H and O–H groups in total. The number of hydrogen-bond acceptors (Lipinski definition) is 4. The Hall–Kier alpha value is -2.08. The molecule has 112 valence electrons. The first-order valence-corrected chi connectivity index (χ1v) is 7.55. The van der Waals surface area contributed by atoms with Crippen LogP contribution < -0.4 is 15.4 Å². The number of benzene rings is 1. The van der Waals surface area contributed by atoms with Crippen LogP contribution in [0.25, 0.3) is 11.3 Å². The molecule has 1 aromatic carbocycles. The first kappa shape index (κ1) is 15.3. The summed E-state index contributed by atoms with van der Waals surface area (Å²) < 4.78 is 5.25. The van der Waals surface area contributed by atoms with Crippen LogP contribution in [0.15, 0.2) is 23.6 Å². The third kappa shape index (κ3) is 3.95. The minimum atomic E-state index is -0.239. The number of anilines is 1. The van der Waals surface area contributed by atoms with Crippen LogP contribution in [0.2, 0.25) is 0 Å². The summed E-state index contributed by atoms with van der Waals surface area (Å²) in [6, 6.07) is 5.75. The van der Waals surface area contributed by atoms with Crippen molar-refractivity contribution >= 4 is 22.5 Å². The molecule has 0 atom stereocenters. The van der Waals surface area contributed by atoms with Crippen molar-refractivity contribution in [3.8, 4) is 17.0 Å². The van der Waals surface area contributed by atoms with Gasteiger partial charge in [0.2, 0.25) is 0 Å². The normalized spacial score (nSPS) is 10.5. The van der Waals surface area contributed by atoms with Gasteiger partial charge in [-0.05, 0) is 44.5 Å². The smallest absolute Gasteiger partial charge is 0.321 e. The van der Waals surface area contributed by atoms with E-state index in [-0.39, 0.29) is 12.1 Å². The molecular weight excluding hydrogens is 286 g/mol. The molecule has 0 unspecified atom stereocenters. The maximum Gasteiger partial charge on any atom is 0.321 e. The lowest BCUT2D eigenvalue weighted by molar-refractivity contribution is 0.250. The van der Waals surface area contributed by atoms with E-state index in [0.29, 0.717) is 5.13 Å². The lowest BCUT2D eigenvalue weighted by Crippen LogP contribution is -2.34. The molecular formula is C15H19N3O2S. The van der Waals surface area contributed by atoms with Crippen LogP contribution in [0.3, 0.4) is 0 Å². The number of carbonyl (C=O) groups is 1. The number of methoxy groups -OCH3 is 1. The number of nitrogens with one attached hydrogen (secondary N) is 2. The monoisotopic (exact) mass is 305 g/mol. The summed E-state index contributed by atoms with van der Waals surface area (Å²) in [5, 5.41) is 8.00. The molecule has 0 fully saturated rings. The zero-order valence-electron chi connectivity index (χ0n) is 12.6. The number of thiazole rings is 1. The highest BCUT2D eigenvalue weighted by Crippen LogP contribution is 2.28. The van der Waals surface area contributed by atoms with Gasteiger partial charge in [-0.1, -0.05) is 0 Å². The zero-order chi connectivity index (χ0) is 15.4. The van der Waals surface area contributed by atoms with Gasteiger partial charge in [0.1, 0.15) is 5.75 Å². The highest BCUT2D eigenvalue weighted by Gasteiger charge is 2.09. The van der Waals surface area contributed by atoms with Crippen molar-refractivity contribution < 1.29 is 9.53 Å². The summed E-state index contributed by atoms with van der Waals surface area (Å²) in [4.78, 5) is 16.1. The van der Waals surface area contributed by atoms with E-state index < -0.39 is 0 Å². The predicted molar refractivity (Wildman–Crippen MR) is 86.1 cm³/mol. The third-order valence-corrected chi connectivity index (χ3v) is 3.59. The Morgan fingerprint density at radius 1 is 1.38 bits per heavy atom. The molecule has 2 aromatic rings. The van der Waals surface area contributed by atoms with Crippen LogP contribution in [0.4, 0.5) is 9.93 Å². The number of amides is 2. The molecule has 1 aromatic heterocycles. The van der Waals surface area contributed by atoms with E-state index in [2.05, 4.69) is 15.6 Å². The predicted octanol–water partition coefficient (Wildman–Crippen LogP) is 3.66. The van der Waals surface area contributed by atoms with E-state index in [4.69, 9.17) is 4.74 Å². The average Bonchev–Trinajstić information content (AvgIpc) is 2.86. The molecule has 2 rings (SSSR count). The molecule has 1 heterocycles. The second-order valence-corrected chi connectivity index (χ2v) is 5.83. The van der Waals surface area contributed by atoms with Crippen LogP contribution in [0, 0.1) is 6.92 Å². The molecule has 6 heteroatoms. The van der Waals surface area contributed by atoms with Gasteiger partial charge in [0, 0.05) is 17.0 Å². The fourth-order valence-electron chi connectivity index (χ4n) is 1.90. The van der Waals surface area contributed by atoms with Gasteiger partial charge >= 0.3 is 6.03 Å². The summed E-state index contributed by atoms with van der Waals surface area (Å²) in [6.07, 6.45) is 0. The van der Waals surface area contributed by atoms with Gasteiger partial charge in [-0.3, -0.25) is 5.32 Å². The van der Waals surface area contributed by atoms with E-state index in [1.807, 2.05) is 44.4 Å². The van der Waals surface area contributed by atoms with Gasteiger partial charge in [-0.25, -0.2) is 9.78 Å². The Bertz CT molecular complexity index is 638. The zero-order valence-corrected chi connectivity index (χ0v) is 13.4. The number of hydrogen-bond donors (Lipinski definition) is 2. The number of aromatic nitrogens is 1. The quantitative estimate of drug-likeness (QED) is 0.906. The largest absolute Gasteiger partial charge is 0.496 e. The molecule has 0 saturated heterocycles. The Kier molecular flexibility index (Phi) is 4.80. The number of carbonyl (C=O) groups excluding carboxylic acids is 1. The van der Waals surface area contributed by atoms with Gasteiger partial charge in [-0.15, -0.1) is 11.3 Å². The van der Waals surface area contributed by atoms with Crippen LogP contribution >= 0.6 is 11.3 Å². The Morgan fingerprint density at radius 3 is 2.76 bits per heavy atom. The van der Waals surface area contributed by atoms with E-state index in [0.717, 1.165) is 22.6 Å². The maximum absolute atomic E-state index is 11.6. The van der Waals surface area contributed by atoms with E-state index in [1.165, 1.54) is 11.3 Å². The van der Waals surface area contributed by atoms with Crippen molar-refractivity contribution in [2.24, 2.45) is 0 Å². The minimum Gasteiger partial charge on any atom is -0.496 e. The molecule has 0 spiro atoms. The van der Waals surface area contributed by atoms with Crippen molar-refractivity contribution in [3.05, 3.63) is 29.1 Å². The van der Waals surface area contributed by atoms with E-state index >= 15 is 0 Å². The second-order valence-electron chi connectivity index (χ2n) is 4.98. The SMILES string of the molecule is COc1ccc(-c2csc(NC(=O)NC(C)C)n2)cc1C. The van der Waals surface area contributed by atoms with Crippen LogP contribution in [-0.2, 0) is 0 Å². The molecule has 0 bridgehead atoms. The van der Waals surface area contributed by atoms with Crippen molar-refractivity contribution in [2.75, 3.05) is 12.4 Å². The van der Waals surface area contributed by atoms with E-state index in [9.17, 15) is 4.79 Å². The molecule has 21 heavy (non-hydrogen) atoms. The van der Waals surface area contributed by atoms with Crippen LogP contribution in [-0.4, -0.2) is 24.2 Å². The molecule has 0 radical (unpaired) electrons. The summed E-state index contributed by atoms with van der Waals surface area (Å²) in [5.41, 5.74) is 2.89. The number of urea groups is 1. The summed E-state index contributed by atoms with van der Waals surface area (Å²) in [5.74, 6) is 0.851. The standard InChI is InChI=1S/C15H19N3O2S/c1-9(2)16-14(19)18-15-17-12(8-21-15)11-5-6-13(20-4)10(3)7-11/h5-9H,1-4H3,(H2,16,17,18,19). The molecule has 2 amide bonds. The van der Waals surface area contributed by atoms with Crippen LogP contribution in [0.1, 0.15) is 19.4 Å². The van der Waals surface area contributed by atoms with Gasteiger partial charge in [0.05, 0.1) is 12.8 Å². The molecule has 5 nitrogen and oxygen atoms in total. The highest BCUT2D eigenvalue weighted by atomic mass is 32.1. The van der Waals surface area contributed by atoms with Crippen molar-refractivity contribution in [1.29, 1.82) is 0 Å². The fourth-order valence-corrected chi connectivity index (χ4v) is 2.61. The van der Waals surface area contributed by atoms with Crippen LogP contribution in [0.5, 0.6) is 5.75 Å². The third-order valence-electron chi connectivity index (χ3n) is 2.84. The lowest BCUT2D eigenvalue weighted by Gasteiger charge is -2.07. The fraction of sp³-hybridized carbons (Fsp3) is 0.333. The first-order valence-electron chi connectivity index (χ1n) is 6.67. The summed E-state index contributed by atoms with van der Waals surface area (Å²) in [6.45, 7) is 5.81. The molecule has 0 saturated carbocycles. The van der Waals surface area contributed by atoms with Gasteiger partial charge in [0.15, 0.2) is 5.13 Å². The van der Waals surface area contributed by atoms with Crippen molar-refractivity contribution in [2.45, 2.75) is 26.8 Å². The summed E-state index contributed by atoms with van der Waals surface area (Å²) in [7, 11) is 1.65. The Morgan fingerprint density at radius 2 is 2.14 bits per heavy atom. The van der Waals surface area contributed by atoms with Gasteiger partial charge in [-0.2, -0.15) is 0 Å². The van der Waals surface area contributed by atoms with Crippen molar-refractivity contribution in [1.82, 2.24) is 10.3 Å². The van der Waals surface area contributed by atoms with E-state index in [1.54, 1.807) is 7.11 Å².